The molecule has 1 rings (SSSR count). The molecule has 1 aliphatic carbocycles. The van der Waals surface area contributed by atoms with Crippen LogP contribution >= 0.6 is 0 Å². The summed E-state index contributed by atoms with van der Waals surface area (Å²) in [6, 6.07) is 0. The molecule has 88 valence electrons. The van der Waals surface area contributed by atoms with Crippen molar-refractivity contribution in [3.8, 4) is 0 Å². The number of hydrogen-bond donors (Lipinski definition) is 0. The van der Waals surface area contributed by atoms with Crippen molar-refractivity contribution < 1.29 is 0 Å². The van der Waals surface area contributed by atoms with E-state index in [4.69, 9.17) is 0 Å². The van der Waals surface area contributed by atoms with Gasteiger partial charge in [0, 0.05) is 0 Å². The second kappa shape index (κ2) is 5.18. The van der Waals surface area contributed by atoms with E-state index >= 15 is 0 Å². The highest BCUT2D eigenvalue weighted by Gasteiger charge is 2.36. The third-order valence-electron chi connectivity index (χ3n) is 4.14. The highest BCUT2D eigenvalue weighted by molar-refractivity contribution is 5.14. The first-order valence-corrected chi connectivity index (χ1v) is 6.67. The molecule has 0 heteroatoms. The first-order valence-electron chi connectivity index (χ1n) is 6.67. The van der Waals surface area contributed by atoms with Crippen molar-refractivity contribution >= 4 is 0 Å². The smallest absolute Gasteiger partial charge is 0.00881 e. The zero-order chi connectivity index (χ0) is 11.5. The van der Waals surface area contributed by atoms with Gasteiger partial charge in [0.2, 0.25) is 0 Å². The minimum Gasteiger partial charge on any atom is -0.0990 e. The fourth-order valence-electron chi connectivity index (χ4n) is 2.96. The molecule has 0 aromatic rings. The fraction of sp³-hybridized carbons (Fsp3) is 0.867. The van der Waals surface area contributed by atoms with Crippen LogP contribution in [0.15, 0.2) is 12.2 Å². The van der Waals surface area contributed by atoms with Gasteiger partial charge in [-0.25, -0.2) is 0 Å². The Kier molecular flexibility index (Phi) is 4.43. The summed E-state index contributed by atoms with van der Waals surface area (Å²) in [6.07, 6.45) is 8.38. The highest BCUT2D eigenvalue weighted by Crippen LogP contribution is 2.49. The fourth-order valence-corrected chi connectivity index (χ4v) is 2.96. The van der Waals surface area contributed by atoms with E-state index in [0.29, 0.717) is 11.3 Å². The topological polar surface area (TPSA) is 0 Å². The van der Waals surface area contributed by atoms with Gasteiger partial charge < -0.3 is 0 Å². The van der Waals surface area contributed by atoms with E-state index in [1.54, 1.807) is 0 Å². The van der Waals surface area contributed by atoms with Crippen molar-refractivity contribution in [3.63, 3.8) is 0 Å². The van der Waals surface area contributed by atoms with Gasteiger partial charge in [-0.1, -0.05) is 59.1 Å². The van der Waals surface area contributed by atoms with E-state index in [1.165, 1.54) is 44.1 Å². The van der Waals surface area contributed by atoms with Gasteiger partial charge in [0.05, 0.1) is 0 Å². The number of rotatable bonds is 5. The molecule has 0 aromatic heterocycles. The van der Waals surface area contributed by atoms with Gasteiger partial charge >= 0.3 is 0 Å². The van der Waals surface area contributed by atoms with Crippen LogP contribution in [0, 0.1) is 17.3 Å². The molecule has 0 spiro atoms. The molecular formula is C15H28. The van der Waals surface area contributed by atoms with Gasteiger partial charge in [-0.3, -0.25) is 0 Å². The maximum atomic E-state index is 4.39. The van der Waals surface area contributed by atoms with Crippen LogP contribution in [0.4, 0.5) is 0 Å². The molecule has 1 aliphatic rings. The Hall–Kier alpha value is -0.260. The molecule has 0 aliphatic heterocycles. The predicted molar refractivity (Wildman–Crippen MR) is 69.0 cm³/mol. The maximum absolute atomic E-state index is 4.39. The van der Waals surface area contributed by atoms with Gasteiger partial charge in [0.25, 0.3) is 0 Å². The van der Waals surface area contributed by atoms with Crippen LogP contribution < -0.4 is 0 Å². The van der Waals surface area contributed by atoms with Gasteiger partial charge in [0.15, 0.2) is 0 Å². The molecule has 0 radical (unpaired) electrons. The molecule has 0 N–H and O–H groups in total. The third-order valence-corrected chi connectivity index (χ3v) is 4.14. The van der Waals surface area contributed by atoms with E-state index in [9.17, 15) is 0 Å². The second-order valence-electron chi connectivity index (χ2n) is 6.10. The van der Waals surface area contributed by atoms with Crippen molar-refractivity contribution in [3.05, 3.63) is 12.2 Å². The molecule has 1 fully saturated rings. The Morgan fingerprint density at radius 1 is 1.13 bits per heavy atom. The summed E-state index contributed by atoms with van der Waals surface area (Å²) in [5, 5.41) is 0. The van der Waals surface area contributed by atoms with Crippen LogP contribution in [0.5, 0.6) is 0 Å². The summed E-state index contributed by atoms with van der Waals surface area (Å²) in [7, 11) is 0. The summed E-state index contributed by atoms with van der Waals surface area (Å²) in [5.41, 5.74) is 2.04. The van der Waals surface area contributed by atoms with Gasteiger partial charge in [0.1, 0.15) is 0 Å². The lowest BCUT2D eigenvalue weighted by Crippen LogP contribution is -2.22. The summed E-state index contributed by atoms with van der Waals surface area (Å²) in [4.78, 5) is 0. The molecule has 0 bridgehead atoms. The van der Waals surface area contributed by atoms with Gasteiger partial charge in [-0.05, 0) is 36.5 Å². The average molecular weight is 208 g/mol. The molecule has 0 atom stereocenters. The largest absolute Gasteiger partial charge is 0.0990 e. The summed E-state index contributed by atoms with van der Waals surface area (Å²) < 4.78 is 0. The summed E-state index contributed by atoms with van der Waals surface area (Å²) in [6.45, 7) is 13.7. The maximum Gasteiger partial charge on any atom is -0.00881 e. The van der Waals surface area contributed by atoms with Crippen molar-refractivity contribution in [2.24, 2.45) is 17.3 Å². The minimum atomic E-state index is 0.512. The van der Waals surface area contributed by atoms with Crippen LogP contribution in [0.3, 0.4) is 0 Å². The molecule has 0 nitrogen and oxygen atoms in total. The van der Waals surface area contributed by atoms with E-state index < -0.39 is 0 Å². The van der Waals surface area contributed by atoms with Crippen LogP contribution in [-0.2, 0) is 0 Å². The number of allylic oxidation sites excluding steroid dienone is 1. The molecule has 1 saturated carbocycles. The van der Waals surface area contributed by atoms with E-state index in [0.717, 1.165) is 5.92 Å². The van der Waals surface area contributed by atoms with E-state index in [-0.39, 0.29) is 0 Å². The Morgan fingerprint density at radius 2 is 1.67 bits per heavy atom. The van der Waals surface area contributed by atoms with Gasteiger partial charge in [-0.15, -0.1) is 0 Å². The molecule has 0 aromatic carbocycles. The zero-order valence-corrected chi connectivity index (χ0v) is 11.1. The summed E-state index contributed by atoms with van der Waals surface area (Å²) >= 11 is 0. The van der Waals surface area contributed by atoms with Crippen LogP contribution in [0.2, 0.25) is 0 Å². The van der Waals surface area contributed by atoms with E-state index in [2.05, 4.69) is 34.3 Å². The summed E-state index contributed by atoms with van der Waals surface area (Å²) in [5.74, 6) is 1.50. The second-order valence-corrected chi connectivity index (χ2v) is 6.10. The van der Waals surface area contributed by atoms with E-state index in [1.807, 2.05) is 0 Å². The Bertz CT molecular complexity index is 204. The highest BCUT2D eigenvalue weighted by atomic mass is 14.4. The molecule has 0 unspecified atom stereocenters. The van der Waals surface area contributed by atoms with Crippen LogP contribution in [-0.4, -0.2) is 0 Å². The quantitative estimate of drug-likeness (QED) is 0.545. The predicted octanol–water partition coefficient (Wildman–Crippen LogP) is 5.20. The first kappa shape index (κ1) is 12.8. The molecule has 15 heavy (non-hydrogen) atoms. The van der Waals surface area contributed by atoms with Crippen LogP contribution in [0.25, 0.3) is 0 Å². The normalized spacial score (nSPS) is 20.1. The van der Waals surface area contributed by atoms with Crippen molar-refractivity contribution in [2.75, 3.05) is 0 Å². The molecule has 0 saturated heterocycles. The average Bonchev–Trinajstić information content (AvgIpc) is 2.63. The standard InChI is InChI=1S/C15H28/c1-12(2)8-11-15(9-6-7-10-15)14(5)13(3)4/h12-13H,5-11H2,1-4H3. The third kappa shape index (κ3) is 3.09. The Labute approximate surface area is 96.2 Å². The van der Waals surface area contributed by atoms with Gasteiger partial charge in [-0.2, -0.15) is 0 Å². The van der Waals surface area contributed by atoms with Crippen molar-refractivity contribution in [2.45, 2.75) is 66.2 Å². The first-order chi connectivity index (χ1) is 6.98. The number of hydrogen-bond acceptors (Lipinski definition) is 0. The molecule has 0 heterocycles. The lowest BCUT2D eigenvalue weighted by Gasteiger charge is -2.34. The van der Waals surface area contributed by atoms with Crippen LogP contribution in [0.1, 0.15) is 66.2 Å². The monoisotopic (exact) mass is 208 g/mol. The van der Waals surface area contributed by atoms with Crippen molar-refractivity contribution in [1.29, 1.82) is 0 Å². The minimum absolute atomic E-state index is 0.512. The Morgan fingerprint density at radius 3 is 2.07 bits per heavy atom. The van der Waals surface area contributed by atoms with Crippen molar-refractivity contribution in [1.82, 2.24) is 0 Å². The Balaban J connectivity index is 2.66. The molecular weight excluding hydrogens is 180 g/mol. The molecule has 0 amide bonds. The SMILES string of the molecule is C=C(C(C)C)C1(CCC(C)C)CCCC1. The zero-order valence-electron chi connectivity index (χ0n) is 11.1. The lowest BCUT2D eigenvalue weighted by molar-refractivity contribution is 0.285. The lowest BCUT2D eigenvalue weighted by atomic mass is 9.71.